The van der Waals surface area contributed by atoms with E-state index in [0.29, 0.717) is 12.8 Å². The zero-order chi connectivity index (χ0) is 13.2. The zero-order valence-electron chi connectivity index (χ0n) is 10.2. The fourth-order valence-corrected chi connectivity index (χ4v) is 3.29. The van der Waals surface area contributed by atoms with Gasteiger partial charge in [-0.1, -0.05) is 40.2 Å². The quantitative estimate of drug-likeness (QED) is 0.489. The first-order valence-electron chi connectivity index (χ1n) is 6.01. The van der Waals surface area contributed by atoms with Crippen LogP contribution < -0.4 is 0 Å². The molecule has 0 saturated heterocycles. The van der Waals surface area contributed by atoms with E-state index in [4.69, 9.17) is 4.74 Å². The second-order valence-corrected chi connectivity index (χ2v) is 4.90. The van der Waals surface area contributed by atoms with E-state index in [-0.39, 0.29) is 17.7 Å². The Hall–Kier alpha value is -1.16. The molecule has 1 aliphatic carbocycles. The second kappa shape index (κ2) is 5.22. The van der Waals surface area contributed by atoms with Crippen molar-refractivity contribution in [1.82, 2.24) is 0 Å². The van der Waals surface area contributed by atoms with E-state index in [2.05, 4.69) is 15.9 Å². The van der Waals surface area contributed by atoms with E-state index in [9.17, 15) is 9.59 Å². The summed E-state index contributed by atoms with van der Waals surface area (Å²) in [6.45, 7) is 2.03. The number of hydrogen-bond donors (Lipinski definition) is 0. The van der Waals surface area contributed by atoms with Crippen LogP contribution in [0.2, 0.25) is 0 Å². The van der Waals surface area contributed by atoms with Gasteiger partial charge in [0.1, 0.15) is 0 Å². The zero-order valence-corrected chi connectivity index (χ0v) is 11.8. The highest BCUT2D eigenvalue weighted by Crippen LogP contribution is 2.37. The summed E-state index contributed by atoms with van der Waals surface area (Å²) >= 11 is 3.33. The topological polar surface area (TPSA) is 43.4 Å². The van der Waals surface area contributed by atoms with Gasteiger partial charge in [-0.3, -0.25) is 9.59 Å². The first kappa shape index (κ1) is 13.3. The average molecular weight is 311 g/mol. The van der Waals surface area contributed by atoms with E-state index in [1.807, 2.05) is 24.3 Å². The molecule has 0 radical (unpaired) electrons. The molecule has 1 unspecified atom stereocenters. The van der Waals surface area contributed by atoms with Crippen molar-refractivity contribution >= 4 is 27.7 Å². The van der Waals surface area contributed by atoms with Crippen LogP contribution in [0.15, 0.2) is 24.3 Å². The fourth-order valence-electron chi connectivity index (χ4n) is 2.45. The minimum atomic E-state index is -1.16. The second-order valence-electron chi connectivity index (χ2n) is 4.34. The van der Waals surface area contributed by atoms with Crippen LogP contribution in [0, 0.1) is 0 Å². The monoisotopic (exact) mass is 310 g/mol. The smallest absolute Gasteiger partial charge is 0.325 e. The number of alkyl halides is 1. The number of carbonyl (C=O) groups excluding carboxylic acids is 2. The van der Waals surface area contributed by atoms with Crippen molar-refractivity contribution in [3.05, 3.63) is 35.4 Å². The number of ether oxygens (including phenoxy) is 1. The molecule has 0 aromatic heterocycles. The maximum Gasteiger partial charge on any atom is 0.325 e. The van der Waals surface area contributed by atoms with Crippen molar-refractivity contribution in [2.45, 2.75) is 25.2 Å². The number of aryl methyl sites for hydroxylation is 1. The first-order valence-corrected chi connectivity index (χ1v) is 7.13. The molecule has 0 heterocycles. The summed E-state index contributed by atoms with van der Waals surface area (Å²) < 4.78 is 5.11. The van der Waals surface area contributed by atoms with E-state index in [1.54, 1.807) is 6.92 Å². The number of esters is 1. The molecule has 1 aromatic rings. The van der Waals surface area contributed by atoms with Crippen molar-refractivity contribution in [3.8, 4) is 0 Å². The van der Waals surface area contributed by atoms with Crippen LogP contribution in [0.5, 0.6) is 0 Å². The maximum absolute atomic E-state index is 12.3. The van der Waals surface area contributed by atoms with Gasteiger partial charge in [0.2, 0.25) is 0 Å². The molecule has 0 spiro atoms. The first-order chi connectivity index (χ1) is 8.66. The maximum atomic E-state index is 12.3. The lowest BCUT2D eigenvalue weighted by Crippen LogP contribution is -2.49. The Kier molecular flexibility index (Phi) is 3.85. The third-order valence-corrected chi connectivity index (χ3v) is 4.24. The van der Waals surface area contributed by atoms with Gasteiger partial charge in [0.15, 0.2) is 11.2 Å². The SMILES string of the molecule is CCOC(=O)C1(CBr)C(=O)CCc2ccccc21. The van der Waals surface area contributed by atoms with Crippen LogP contribution in [0.1, 0.15) is 24.5 Å². The van der Waals surface area contributed by atoms with Crippen molar-refractivity contribution in [3.63, 3.8) is 0 Å². The molecule has 1 aromatic carbocycles. The van der Waals surface area contributed by atoms with Crippen molar-refractivity contribution < 1.29 is 14.3 Å². The summed E-state index contributed by atoms with van der Waals surface area (Å²) in [7, 11) is 0. The van der Waals surface area contributed by atoms with E-state index in [0.717, 1.165) is 11.1 Å². The van der Waals surface area contributed by atoms with Gasteiger partial charge in [-0.15, -0.1) is 0 Å². The summed E-state index contributed by atoms with van der Waals surface area (Å²) in [5.41, 5.74) is 0.686. The van der Waals surface area contributed by atoms with Crippen LogP contribution >= 0.6 is 15.9 Å². The lowest BCUT2D eigenvalue weighted by Gasteiger charge is -2.33. The van der Waals surface area contributed by atoms with E-state index < -0.39 is 11.4 Å². The number of halogens is 1. The molecule has 0 N–H and O–H groups in total. The predicted molar refractivity (Wildman–Crippen MR) is 71.9 cm³/mol. The molecule has 3 nitrogen and oxygen atoms in total. The third-order valence-electron chi connectivity index (χ3n) is 3.40. The number of benzene rings is 1. The van der Waals surface area contributed by atoms with Gasteiger partial charge in [-0.05, 0) is 24.5 Å². The van der Waals surface area contributed by atoms with Crippen molar-refractivity contribution in [1.29, 1.82) is 0 Å². The average Bonchev–Trinajstić information content (AvgIpc) is 2.39. The Balaban J connectivity index is 2.57. The molecule has 0 aliphatic heterocycles. The molecule has 0 amide bonds. The minimum Gasteiger partial charge on any atom is -0.465 e. The summed E-state index contributed by atoms with van der Waals surface area (Å²) in [6, 6.07) is 7.61. The van der Waals surface area contributed by atoms with Gasteiger partial charge in [-0.25, -0.2) is 0 Å². The predicted octanol–water partition coefficient (Wildman–Crippen LogP) is 2.40. The number of ketones is 1. The summed E-state index contributed by atoms with van der Waals surface area (Å²) in [6.07, 6.45) is 1.09. The molecule has 1 atom stereocenters. The number of carbonyl (C=O) groups is 2. The molecule has 0 saturated carbocycles. The van der Waals surface area contributed by atoms with Gasteiger partial charge >= 0.3 is 5.97 Å². The van der Waals surface area contributed by atoms with E-state index >= 15 is 0 Å². The molecular weight excluding hydrogens is 296 g/mol. The Morgan fingerprint density at radius 3 is 2.78 bits per heavy atom. The number of hydrogen-bond acceptors (Lipinski definition) is 3. The lowest BCUT2D eigenvalue weighted by molar-refractivity contribution is -0.153. The summed E-state index contributed by atoms with van der Waals surface area (Å²) in [5, 5.41) is 0.272. The third kappa shape index (κ3) is 1.88. The highest BCUT2D eigenvalue weighted by Gasteiger charge is 2.50. The number of rotatable bonds is 3. The Morgan fingerprint density at radius 1 is 1.39 bits per heavy atom. The fraction of sp³-hybridized carbons (Fsp3) is 0.429. The van der Waals surface area contributed by atoms with Gasteiger partial charge in [0.25, 0.3) is 0 Å². The molecule has 0 fully saturated rings. The Morgan fingerprint density at radius 2 is 2.11 bits per heavy atom. The minimum absolute atomic E-state index is 0.0588. The highest BCUT2D eigenvalue weighted by atomic mass is 79.9. The van der Waals surface area contributed by atoms with Gasteiger partial charge in [0, 0.05) is 11.8 Å². The molecule has 0 bridgehead atoms. The Labute approximate surface area is 115 Å². The van der Waals surface area contributed by atoms with Gasteiger partial charge < -0.3 is 4.74 Å². The molecular formula is C14H15BrO3. The summed E-state index contributed by atoms with van der Waals surface area (Å²) in [5.74, 6) is -0.504. The molecule has 1 aliphatic rings. The lowest BCUT2D eigenvalue weighted by atomic mass is 9.70. The number of fused-ring (bicyclic) bond motifs is 1. The van der Waals surface area contributed by atoms with Gasteiger partial charge in [0.05, 0.1) is 6.61 Å². The van der Waals surface area contributed by atoms with Crippen LogP contribution in [0.3, 0.4) is 0 Å². The normalized spacial score (nSPS) is 22.4. The van der Waals surface area contributed by atoms with Crippen LogP contribution in [0.25, 0.3) is 0 Å². The van der Waals surface area contributed by atoms with Crippen molar-refractivity contribution in [2.24, 2.45) is 0 Å². The summed E-state index contributed by atoms with van der Waals surface area (Å²) in [4.78, 5) is 24.5. The largest absolute Gasteiger partial charge is 0.465 e. The molecule has 96 valence electrons. The van der Waals surface area contributed by atoms with Crippen molar-refractivity contribution in [2.75, 3.05) is 11.9 Å². The van der Waals surface area contributed by atoms with Crippen LogP contribution in [-0.2, 0) is 26.2 Å². The van der Waals surface area contributed by atoms with Crippen LogP contribution in [-0.4, -0.2) is 23.7 Å². The van der Waals surface area contributed by atoms with Crippen LogP contribution in [0.4, 0.5) is 0 Å². The number of Topliss-reactive ketones (excluding diaryl/α,β-unsaturated/α-hetero) is 1. The molecule has 18 heavy (non-hydrogen) atoms. The Bertz CT molecular complexity index is 484. The molecule has 4 heteroatoms. The molecule has 2 rings (SSSR count). The van der Waals surface area contributed by atoms with Gasteiger partial charge in [-0.2, -0.15) is 0 Å². The standard InChI is InChI=1S/C14H15BrO3/c1-2-18-13(17)14(9-15)11-6-4-3-5-10(11)7-8-12(14)16/h3-6H,2,7-9H2,1H3. The highest BCUT2D eigenvalue weighted by molar-refractivity contribution is 9.09. The van der Waals surface area contributed by atoms with E-state index in [1.165, 1.54) is 0 Å².